The number of aromatic nitrogens is 4. The summed E-state index contributed by atoms with van der Waals surface area (Å²) in [5, 5.41) is 7.20. The molecule has 0 spiro atoms. The predicted molar refractivity (Wildman–Crippen MR) is 191 cm³/mol. The number of amides is 2. The molecule has 13 heteroatoms. The van der Waals surface area contributed by atoms with E-state index in [0.29, 0.717) is 23.5 Å². The van der Waals surface area contributed by atoms with Gasteiger partial charge in [0.15, 0.2) is 5.82 Å². The molecule has 0 unspecified atom stereocenters. The van der Waals surface area contributed by atoms with E-state index in [0.717, 1.165) is 22.4 Å². The number of rotatable bonds is 11. The van der Waals surface area contributed by atoms with Gasteiger partial charge in [-0.25, -0.2) is 28.6 Å². The van der Waals surface area contributed by atoms with Crippen molar-refractivity contribution in [3.05, 3.63) is 137 Å². The number of carbonyl (C=O) groups excluding carboxylic acids is 3. The van der Waals surface area contributed by atoms with Crippen LogP contribution in [0.25, 0.3) is 23.2 Å². The molecular weight excluding hydrogens is 665 g/mol. The number of benzene rings is 3. The zero-order valence-corrected chi connectivity index (χ0v) is 28.9. The van der Waals surface area contributed by atoms with Crippen molar-refractivity contribution in [2.45, 2.75) is 57.8 Å². The molecule has 0 aliphatic heterocycles. The van der Waals surface area contributed by atoms with Gasteiger partial charge in [0.05, 0.1) is 17.9 Å². The molecule has 2 heterocycles. The molecule has 1 aliphatic carbocycles. The highest BCUT2D eigenvalue weighted by molar-refractivity contribution is 5.92. The number of nitrogens with one attached hydrogen (secondary N) is 1. The fraction of sp³-hybridized carbons (Fsp3) is 0.231. The summed E-state index contributed by atoms with van der Waals surface area (Å²) < 4.78 is 21.2. The van der Waals surface area contributed by atoms with Gasteiger partial charge in [-0.1, -0.05) is 36.4 Å². The van der Waals surface area contributed by atoms with Crippen molar-refractivity contribution in [3.63, 3.8) is 0 Å². The summed E-state index contributed by atoms with van der Waals surface area (Å²) in [6, 6.07) is 24.1. The Morgan fingerprint density at radius 2 is 1.75 bits per heavy atom. The van der Waals surface area contributed by atoms with Crippen LogP contribution in [0.15, 0.2) is 103 Å². The van der Waals surface area contributed by atoms with Crippen LogP contribution in [-0.2, 0) is 27.5 Å². The molecule has 1 fully saturated rings. The van der Waals surface area contributed by atoms with Gasteiger partial charge >= 0.3 is 12.1 Å². The highest BCUT2D eigenvalue weighted by Gasteiger charge is 2.46. The van der Waals surface area contributed by atoms with Gasteiger partial charge in [-0.15, -0.1) is 0 Å². The number of carbonyl (C=O) groups is 3. The normalized spacial score (nSPS) is 15.2. The van der Waals surface area contributed by atoms with E-state index < -0.39 is 23.6 Å². The lowest BCUT2D eigenvalue weighted by Crippen LogP contribution is -2.38. The van der Waals surface area contributed by atoms with Crippen LogP contribution < -0.4 is 11.2 Å². The standard InChI is InChI=1S/C39H38FN7O5/c1-39(2,3)51-38(50)46(34-22-32(34)27-10-14-29(40)15-11-27)24-30-21-33(37(49)42-23-26-7-5-25(6-8-26)9-18-35(48)52-41)45-36(44-30)28-12-16-31(17-13-28)47-20-4-19-43-47/h4-21,32,34H,22-24,41H2,1-3H3,(H,42,49)/b18-9+/t32-,34+/m0/s1. The first-order valence-corrected chi connectivity index (χ1v) is 16.6. The topological polar surface area (TPSA) is 155 Å². The Balaban J connectivity index is 1.28. The van der Waals surface area contributed by atoms with Crippen LogP contribution in [0.3, 0.4) is 0 Å². The Labute approximate surface area is 300 Å². The zero-order valence-electron chi connectivity index (χ0n) is 28.9. The van der Waals surface area contributed by atoms with Crippen LogP contribution in [0, 0.1) is 5.82 Å². The minimum absolute atomic E-state index is 0.0107. The maximum Gasteiger partial charge on any atom is 0.410 e. The van der Waals surface area contributed by atoms with Gasteiger partial charge in [-0.05, 0) is 98.5 Å². The summed E-state index contributed by atoms with van der Waals surface area (Å²) in [6.45, 7) is 5.65. The Morgan fingerprint density at radius 3 is 2.40 bits per heavy atom. The molecule has 3 N–H and O–H groups in total. The molecular formula is C39H38FN7O5. The van der Waals surface area contributed by atoms with E-state index in [9.17, 15) is 18.8 Å². The number of halogens is 1. The fourth-order valence-corrected chi connectivity index (χ4v) is 5.64. The van der Waals surface area contributed by atoms with Crippen LogP contribution in [0.1, 0.15) is 66.0 Å². The molecule has 6 rings (SSSR count). The first kappa shape index (κ1) is 35.6. The Hall–Kier alpha value is -6.21. The van der Waals surface area contributed by atoms with Crippen molar-refractivity contribution in [3.8, 4) is 17.1 Å². The molecule has 1 saturated carbocycles. The lowest BCUT2D eigenvalue weighted by atomic mass is 10.1. The Kier molecular flexibility index (Phi) is 10.5. The highest BCUT2D eigenvalue weighted by Crippen LogP contribution is 2.45. The maximum atomic E-state index is 13.7. The Bertz CT molecular complexity index is 2060. The lowest BCUT2D eigenvalue weighted by molar-refractivity contribution is -0.138. The maximum absolute atomic E-state index is 13.7. The predicted octanol–water partition coefficient (Wildman–Crippen LogP) is 6.12. The minimum Gasteiger partial charge on any atom is -0.444 e. The minimum atomic E-state index is -0.751. The molecule has 2 aromatic heterocycles. The summed E-state index contributed by atoms with van der Waals surface area (Å²) in [5.41, 5.74) is 3.78. The zero-order chi connectivity index (χ0) is 36.8. The second-order valence-corrected chi connectivity index (χ2v) is 13.3. The second kappa shape index (κ2) is 15.4. The number of nitrogens with zero attached hydrogens (tertiary/aromatic N) is 5. The first-order chi connectivity index (χ1) is 25.0. The summed E-state index contributed by atoms with van der Waals surface area (Å²) in [7, 11) is 0. The van der Waals surface area contributed by atoms with Crippen molar-refractivity contribution < 1.29 is 28.3 Å². The van der Waals surface area contributed by atoms with Crippen molar-refractivity contribution in [2.75, 3.05) is 0 Å². The van der Waals surface area contributed by atoms with Gasteiger partial charge in [-0.2, -0.15) is 11.0 Å². The molecule has 0 saturated heterocycles. The van der Waals surface area contributed by atoms with E-state index in [4.69, 9.17) is 15.6 Å². The van der Waals surface area contributed by atoms with Gasteiger partial charge in [0.1, 0.15) is 17.1 Å². The van der Waals surface area contributed by atoms with Crippen molar-refractivity contribution >= 4 is 24.0 Å². The highest BCUT2D eigenvalue weighted by atomic mass is 19.1. The van der Waals surface area contributed by atoms with E-state index in [1.165, 1.54) is 18.2 Å². The summed E-state index contributed by atoms with van der Waals surface area (Å²) in [4.78, 5) is 53.8. The molecule has 2 amide bonds. The van der Waals surface area contributed by atoms with Crippen LogP contribution in [-0.4, -0.2) is 54.3 Å². The van der Waals surface area contributed by atoms with Crippen LogP contribution >= 0.6 is 0 Å². The smallest absolute Gasteiger partial charge is 0.410 e. The quantitative estimate of drug-likeness (QED) is 0.122. The molecule has 52 heavy (non-hydrogen) atoms. The summed E-state index contributed by atoms with van der Waals surface area (Å²) >= 11 is 0. The summed E-state index contributed by atoms with van der Waals surface area (Å²) in [6.07, 6.45) is 6.44. The van der Waals surface area contributed by atoms with Gasteiger partial charge in [0, 0.05) is 42.5 Å². The molecule has 266 valence electrons. The van der Waals surface area contributed by atoms with Gasteiger partial charge in [-0.3, -0.25) is 9.69 Å². The van der Waals surface area contributed by atoms with Crippen LogP contribution in [0.2, 0.25) is 0 Å². The molecule has 3 aromatic carbocycles. The monoisotopic (exact) mass is 703 g/mol. The van der Waals surface area contributed by atoms with Crippen molar-refractivity contribution in [1.29, 1.82) is 0 Å². The van der Waals surface area contributed by atoms with E-state index in [-0.39, 0.29) is 36.6 Å². The second-order valence-electron chi connectivity index (χ2n) is 13.3. The van der Waals surface area contributed by atoms with Crippen LogP contribution in [0.5, 0.6) is 0 Å². The molecule has 2 atom stereocenters. The molecule has 12 nitrogen and oxygen atoms in total. The SMILES string of the molecule is CC(C)(C)OC(=O)N(Cc1cc(C(=O)NCc2ccc(/C=C/C(=O)ON)cc2)nc(-c2ccc(-n3cccn3)cc2)n1)[C@@H]1C[C@H]1c1ccc(F)cc1. The van der Waals surface area contributed by atoms with Gasteiger partial charge < -0.3 is 14.9 Å². The third-order valence-electron chi connectivity index (χ3n) is 8.28. The summed E-state index contributed by atoms with van der Waals surface area (Å²) in [5.74, 6) is 3.72. The van der Waals surface area contributed by atoms with E-state index in [1.807, 2.05) is 48.7 Å². The number of ether oxygens (including phenoxy) is 1. The van der Waals surface area contributed by atoms with E-state index in [2.05, 4.69) is 20.2 Å². The molecule has 5 aromatic rings. The number of nitrogens with two attached hydrogens (primary N) is 1. The van der Waals surface area contributed by atoms with Gasteiger partial charge in [0.2, 0.25) is 0 Å². The Morgan fingerprint density at radius 1 is 1.02 bits per heavy atom. The average molecular weight is 704 g/mol. The third kappa shape index (κ3) is 9.11. The van der Waals surface area contributed by atoms with Gasteiger partial charge in [0.25, 0.3) is 5.91 Å². The fourth-order valence-electron chi connectivity index (χ4n) is 5.64. The van der Waals surface area contributed by atoms with E-state index >= 15 is 0 Å². The van der Waals surface area contributed by atoms with Crippen molar-refractivity contribution in [2.24, 2.45) is 5.90 Å². The largest absolute Gasteiger partial charge is 0.444 e. The van der Waals surface area contributed by atoms with Crippen LogP contribution in [0.4, 0.5) is 9.18 Å². The first-order valence-electron chi connectivity index (χ1n) is 16.6. The number of hydrogen-bond donors (Lipinski definition) is 2. The van der Waals surface area contributed by atoms with E-state index in [1.54, 1.807) is 73.0 Å². The average Bonchev–Trinajstić information content (AvgIpc) is 3.72. The van der Waals surface area contributed by atoms with Crippen molar-refractivity contribution in [1.82, 2.24) is 30.0 Å². The third-order valence-corrected chi connectivity index (χ3v) is 8.28. The molecule has 0 radical (unpaired) electrons. The lowest BCUT2D eigenvalue weighted by Gasteiger charge is -2.28. The number of hydrogen-bond acceptors (Lipinski definition) is 9. The molecule has 0 bridgehead atoms. The molecule has 1 aliphatic rings.